The number of nitrogens with zero attached hydrogens (tertiary/aromatic N) is 1. The van der Waals surface area contributed by atoms with E-state index in [0.29, 0.717) is 36.2 Å². The predicted octanol–water partition coefficient (Wildman–Crippen LogP) is 6.09. The SMILES string of the molecule is CCOc1ccc(-c2nc(C(=O)NCc3ccc(F)cc3F)c(C(C)(OC(N)=O)C(C)(C)C)o2)cc1OCC1CC1. The summed E-state index contributed by atoms with van der Waals surface area (Å²) in [6.45, 7) is 9.53. The summed E-state index contributed by atoms with van der Waals surface area (Å²) in [4.78, 5) is 29.9. The molecule has 0 spiro atoms. The van der Waals surface area contributed by atoms with Gasteiger partial charge in [0.2, 0.25) is 5.89 Å². The molecule has 1 aliphatic carbocycles. The normalized spacial score (nSPS) is 14.7. The molecule has 1 aromatic heterocycles. The van der Waals surface area contributed by atoms with E-state index in [0.717, 1.165) is 25.0 Å². The van der Waals surface area contributed by atoms with Gasteiger partial charge in [-0.2, -0.15) is 0 Å². The Morgan fingerprint density at radius 1 is 1.07 bits per heavy atom. The molecule has 41 heavy (non-hydrogen) atoms. The van der Waals surface area contributed by atoms with Crippen LogP contribution in [0.15, 0.2) is 40.8 Å². The van der Waals surface area contributed by atoms with Gasteiger partial charge in [0.05, 0.1) is 13.2 Å². The van der Waals surface area contributed by atoms with Crippen LogP contribution in [-0.4, -0.2) is 30.2 Å². The van der Waals surface area contributed by atoms with Gasteiger partial charge in [-0.3, -0.25) is 4.79 Å². The molecule has 0 bridgehead atoms. The van der Waals surface area contributed by atoms with Crippen LogP contribution in [0.1, 0.15) is 69.3 Å². The average Bonchev–Trinajstić information content (AvgIpc) is 3.61. The van der Waals surface area contributed by atoms with Crippen molar-refractivity contribution in [2.45, 2.75) is 59.6 Å². The summed E-state index contributed by atoms with van der Waals surface area (Å²) in [7, 11) is 0. The molecule has 220 valence electrons. The second-order valence-electron chi connectivity index (χ2n) is 11.2. The van der Waals surface area contributed by atoms with Crippen LogP contribution in [0, 0.1) is 23.0 Å². The van der Waals surface area contributed by atoms with Gasteiger partial charge in [-0.1, -0.05) is 26.8 Å². The van der Waals surface area contributed by atoms with Crippen LogP contribution in [0.25, 0.3) is 11.5 Å². The monoisotopic (exact) mass is 571 g/mol. The van der Waals surface area contributed by atoms with E-state index in [2.05, 4.69) is 10.3 Å². The molecule has 1 fully saturated rings. The van der Waals surface area contributed by atoms with Gasteiger partial charge in [0.1, 0.15) is 11.6 Å². The minimum absolute atomic E-state index is 0.0507. The molecule has 0 saturated heterocycles. The second kappa shape index (κ2) is 11.8. The quantitative estimate of drug-likeness (QED) is 0.285. The van der Waals surface area contributed by atoms with E-state index in [1.165, 1.54) is 6.07 Å². The van der Waals surface area contributed by atoms with Gasteiger partial charge in [0.15, 0.2) is 28.6 Å². The smallest absolute Gasteiger partial charge is 0.405 e. The molecular weight excluding hydrogens is 536 g/mol. The standard InChI is InChI=1S/C30H35F2N3O6/c1-6-38-22-12-10-18(13-23(22)39-16-17-7-8-17)27-35-24(25(40-27)30(5,29(2,3)4)41-28(33)37)26(36)34-15-19-9-11-20(31)14-21(19)32/h9-14,17H,6-8,15-16H2,1-5H3,(H2,33,37)(H,34,36). The first-order valence-corrected chi connectivity index (χ1v) is 13.4. The first-order chi connectivity index (χ1) is 19.3. The van der Waals surface area contributed by atoms with Crippen LogP contribution in [0.3, 0.4) is 0 Å². The topological polar surface area (TPSA) is 126 Å². The molecule has 2 amide bonds. The summed E-state index contributed by atoms with van der Waals surface area (Å²) in [5, 5.41) is 2.59. The molecule has 1 heterocycles. The maximum absolute atomic E-state index is 14.2. The molecule has 9 nitrogen and oxygen atoms in total. The summed E-state index contributed by atoms with van der Waals surface area (Å²) in [6, 6.07) is 8.21. The maximum atomic E-state index is 14.2. The van der Waals surface area contributed by atoms with Crippen molar-refractivity contribution in [3.63, 3.8) is 0 Å². The molecule has 1 atom stereocenters. The first kappa shape index (κ1) is 29.8. The summed E-state index contributed by atoms with van der Waals surface area (Å²) in [6.07, 6.45) is 1.15. The summed E-state index contributed by atoms with van der Waals surface area (Å²) < 4.78 is 51.0. The molecule has 1 unspecified atom stereocenters. The maximum Gasteiger partial charge on any atom is 0.405 e. The highest BCUT2D eigenvalue weighted by Gasteiger charge is 2.49. The molecule has 1 aliphatic rings. The number of halogens is 2. The van der Waals surface area contributed by atoms with Crippen LogP contribution in [0.2, 0.25) is 0 Å². The second-order valence-corrected chi connectivity index (χ2v) is 11.2. The Hall–Kier alpha value is -4.15. The molecule has 0 radical (unpaired) electrons. The van der Waals surface area contributed by atoms with Crippen molar-refractivity contribution in [3.05, 3.63) is 65.1 Å². The van der Waals surface area contributed by atoms with E-state index in [9.17, 15) is 18.4 Å². The van der Waals surface area contributed by atoms with Gasteiger partial charge in [0, 0.05) is 29.2 Å². The molecule has 4 rings (SSSR count). The highest BCUT2D eigenvalue weighted by atomic mass is 19.1. The van der Waals surface area contributed by atoms with E-state index in [4.69, 9.17) is 24.4 Å². The third-order valence-electron chi connectivity index (χ3n) is 7.13. The molecule has 1 saturated carbocycles. The predicted molar refractivity (Wildman–Crippen MR) is 146 cm³/mol. The number of nitrogens with one attached hydrogen (secondary N) is 1. The lowest BCUT2D eigenvalue weighted by atomic mass is 9.75. The minimum atomic E-state index is -1.53. The lowest BCUT2D eigenvalue weighted by molar-refractivity contribution is -0.0707. The fourth-order valence-corrected chi connectivity index (χ4v) is 4.11. The lowest BCUT2D eigenvalue weighted by Crippen LogP contribution is -2.44. The van der Waals surface area contributed by atoms with Crippen LogP contribution < -0.4 is 20.5 Å². The number of carbonyl (C=O) groups excluding carboxylic acids is 2. The number of rotatable bonds is 11. The number of ether oxygens (including phenoxy) is 3. The van der Waals surface area contributed by atoms with E-state index < -0.39 is 34.7 Å². The van der Waals surface area contributed by atoms with Crippen molar-refractivity contribution in [2.24, 2.45) is 17.1 Å². The number of nitrogens with two attached hydrogens (primary N) is 1. The van der Waals surface area contributed by atoms with E-state index >= 15 is 0 Å². The van der Waals surface area contributed by atoms with Gasteiger partial charge in [-0.25, -0.2) is 18.6 Å². The Kier molecular flexibility index (Phi) is 8.55. The fourth-order valence-electron chi connectivity index (χ4n) is 4.11. The molecule has 0 aliphatic heterocycles. The highest BCUT2D eigenvalue weighted by Crippen LogP contribution is 2.45. The van der Waals surface area contributed by atoms with Crippen molar-refractivity contribution < 1.29 is 37.0 Å². The van der Waals surface area contributed by atoms with E-state index in [1.54, 1.807) is 45.9 Å². The number of hydrogen-bond acceptors (Lipinski definition) is 7. The van der Waals surface area contributed by atoms with E-state index in [1.807, 2.05) is 6.92 Å². The van der Waals surface area contributed by atoms with Crippen molar-refractivity contribution in [3.8, 4) is 23.0 Å². The Morgan fingerprint density at radius 3 is 2.41 bits per heavy atom. The van der Waals surface area contributed by atoms with Gasteiger partial charge in [0.25, 0.3) is 5.91 Å². The summed E-state index contributed by atoms with van der Waals surface area (Å²) in [5.74, 6) is -0.705. The van der Waals surface area contributed by atoms with Crippen molar-refractivity contribution in [1.29, 1.82) is 0 Å². The van der Waals surface area contributed by atoms with Crippen molar-refractivity contribution in [1.82, 2.24) is 10.3 Å². The molecule has 2 aromatic carbocycles. The molecule has 3 aromatic rings. The number of primary amides is 1. The van der Waals surface area contributed by atoms with E-state index in [-0.39, 0.29) is 29.5 Å². The third kappa shape index (κ3) is 6.78. The fraction of sp³-hybridized carbons (Fsp3) is 0.433. The third-order valence-corrected chi connectivity index (χ3v) is 7.13. The van der Waals surface area contributed by atoms with Crippen molar-refractivity contribution >= 4 is 12.0 Å². The van der Waals surface area contributed by atoms with Crippen LogP contribution in [-0.2, 0) is 16.9 Å². The Balaban J connectivity index is 1.76. The number of aromatic nitrogens is 1. The zero-order chi connectivity index (χ0) is 29.9. The summed E-state index contributed by atoms with van der Waals surface area (Å²) in [5.41, 5.74) is 3.45. The largest absolute Gasteiger partial charge is 0.490 e. The Morgan fingerprint density at radius 2 is 1.80 bits per heavy atom. The van der Waals surface area contributed by atoms with Crippen molar-refractivity contribution in [2.75, 3.05) is 13.2 Å². The molecule has 3 N–H and O–H groups in total. The Bertz CT molecular complexity index is 1430. The number of carbonyl (C=O) groups is 2. The average molecular weight is 572 g/mol. The number of hydrogen-bond donors (Lipinski definition) is 2. The van der Waals surface area contributed by atoms with Crippen LogP contribution in [0.4, 0.5) is 13.6 Å². The lowest BCUT2D eigenvalue weighted by Gasteiger charge is -2.38. The molecular formula is C30H35F2N3O6. The zero-order valence-corrected chi connectivity index (χ0v) is 23.8. The number of amides is 2. The zero-order valence-electron chi connectivity index (χ0n) is 23.8. The molecule has 11 heteroatoms. The highest BCUT2D eigenvalue weighted by molar-refractivity contribution is 5.94. The Labute approximate surface area is 237 Å². The van der Waals surface area contributed by atoms with Gasteiger partial charge in [-0.15, -0.1) is 0 Å². The minimum Gasteiger partial charge on any atom is -0.490 e. The van der Waals surface area contributed by atoms with Crippen LogP contribution in [0.5, 0.6) is 11.5 Å². The van der Waals surface area contributed by atoms with Gasteiger partial charge < -0.3 is 29.7 Å². The van der Waals surface area contributed by atoms with Gasteiger partial charge in [-0.05, 0) is 56.9 Å². The van der Waals surface area contributed by atoms with Gasteiger partial charge >= 0.3 is 6.09 Å². The number of oxazole rings is 1. The number of benzene rings is 2. The summed E-state index contributed by atoms with van der Waals surface area (Å²) >= 11 is 0. The van der Waals surface area contributed by atoms with Crippen LogP contribution >= 0.6 is 0 Å². The first-order valence-electron chi connectivity index (χ1n) is 13.4.